The Morgan fingerprint density at radius 2 is 1.77 bits per heavy atom. The fourth-order valence-corrected chi connectivity index (χ4v) is 4.47. The fraction of sp³-hybridized carbons (Fsp3) is 0.500. The highest BCUT2D eigenvalue weighted by Gasteiger charge is 2.27. The quantitative estimate of drug-likeness (QED) is 0.304. The second kappa shape index (κ2) is 13.5. The van der Waals surface area contributed by atoms with Crippen LogP contribution in [0.3, 0.4) is 0 Å². The van der Waals surface area contributed by atoms with Gasteiger partial charge in [0.2, 0.25) is 24.3 Å². The van der Waals surface area contributed by atoms with Crippen molar-refractivity contribution in [2.45, 2.75) is 44.6 Å². The molecule has 39 heavy (non-hydrogen) atoms. The highest BCUT2D eigenvalue weighted by Crippen LogP contribution is 2.39. The number of terminal acetylenes is 1. The van der Waals surface area contributed by atoms with Crippen LogP contribution >= 0.6 is 0 Å². The number of anilines is 5. The van der Waals surface area contributed by atoms with Gasteiger partial charge >= 0.3 is 0 Å². The molecule has 3 aromatic heterocycles. The van der Waals surface area contributed by atoms with Gasteiger partial charge in [0.15, 0.2) is 11.6 Å². The van der Waals surface area contributed by atoms with Gasteiger partial charge in [0.25, 0.3) is 0 Å². The lowest BCUT2D eigenvalue weighted by Crippen LogP contribution is -2.45. The van der Waals surface area contributed by atoms with Crippen LogP contribution in [0.1, 0.15) is 44.2 Å². The maximum absolute atomic E-state index is 9.80. The number of nitrogens with one attached hydrogen (secondary N) is 3. The highest BCUT2D eigenvalue weighted by molar-refractivity contribution is 5.67. The van der Waals surface area contributed by atoms with E-state index in [2.05, 4.69) is 78.4 Å². The van der Waals surface area contributed by atoms with Crippen LogP contribution in [0.2, 0.25) is 0 Å². The molecule has 1 atom stereocenters. The normalized spacial score (nSPS) is 18.8. The Balaban J connectivity index is 0.000000272. The second-order valence-electron chi connectivity index (χ2n) is 9.69. The number of nitrogens with zero attached hydrogens (tertiary/aromatic N) is 9. The standard InChI is InChI=1S/C19H29N9.C5H5N3O.C2H2/c1-13-4-3-7-28(13)19-22-17(20-16-12-15(24-25-16)14-5-6-14)21-18(23-19)27-10-8-26(2)9-11-27;9-4-8-5-3-6-1-2-7-5;1-2/h12-14H,3-11H2,1-2H3,(H2,20,21,22,23,24,25);1-4H,(H,7,8,9);1-2H. The summed E-state index contributed by atoms with van der Waals surface area (Å²) in [6.07, 6.45) is 17.9. The number of rotatable bonds is 7. The van der Waals surface area contributed by atoms with Gasteiger partial charge in [-0.3, -0.25) is 14.9 Å². The molecule has 3 aromatic rings. The van der Waals surface area contributed by atoms with Gasteiger partial charge in [0, 0.05) is 68.8 Å². The van der Waals surface area contributed by atoms with Crippen molar-refractivity contribution in [2.24, 2.45) is 0 Å². The molecule has 6 rings (SSSR count). The van der Waals surface area contributed by atoms with E-state index in [0.29, 0.717) is 30.1 Å². The first-order valence-electron chi connectivity index (χ1n) is 13.2. The molecular formula is C26H36N12O. The number of H-pyrrole nitrogens is 1. The van der Waals surface area contributed by atoms with Crippen molar-refractivity contribution in [3.63, 3.8) is 0 Å². The summed E-state index contributed by atoms with van der Waals surface area (Å²) in [6, 6.07) is 2.54. The summed E-state index contributed by atoms with van der Waals surface area (Å²) in [5.41, 5.74) is 1.20. The lowest BCUT2D eigenvalue weighted by molar-refractivity contribution is -0.105. The Bertz CT molecular complexity index is 1200. The van der Waals surface area contributed by atoms with Gasteiger partial charge in [-0.1, -0.05) is 0 Å². The van der Waals surface area contributed by atoms with Gasteiger partial charge in [-0.15, -0.1) is 12.8 Å². The molecule has 2 aliphatic heterocycles. The third-order valence-electron chi connectivity index (χ3n) is 6.83. The van der Waals surface area contributed by atoms with Crippen LogP contribution in [-0.4, -0.2) is 92.2 Å². The zero-order chi connectivity index (χ0) is 27.6. The van der Waals surface area contributed by atoms with Crippen LogP contribution in [0, 0.1) is 12.8 Å². The van der Waals surface area contributed by atoms with Crippen molar-refractivity contribution in [3.8, 4) is 12.8 Å². The summed E-state index contributed by atoms with van der Waals surface area (Å²) in [4.78, 5) is 38.5. The first-order chi connectivity index (χ1) is 19.1. The minimum absolute atomic E-state index is 0.461. The van der Waals surface area contributed by atoms with Gasteiger partial charge in [0.1, 0.15) is 0 Å². The van der Waals surface area contributed by atoms with Crippen LogP contribution in [0.15, 0.2) is 24.7 Å². The minimum atomic E-state index is 0.461. The molecule has 13 nitrogen and oxygen atoms in total. The molecule has 2 saturated heterocycles. The number of aromatic amines is 1. The monoisotopic (exact) mass is 532 g/mol. The zero-order valence-corrected chi connectivity index (χ0v) is 22.5. The van der Waals surface area contributed by atoms with Crippen molar-refractivity contribution in [3.05, 3.63) is 30.4 Å². The molecule has 206 valence electrons. The first kappa shape index (κ1) is 27.7. The van der Waals surface area contributed by atoms with E-state index in [1.807, 2.05) is 0 Å². The maximum atomic E-state index is 9.80. The molecule has 0 spiro atoms. The molecule has 1 aliphatic carbocycles. The van der Waals surface area contributed by atoms with Crippen LogP contribution in [0.4, 0.5) is 29.5 Å². The lowest BCUT2D eigenvalue weighted by Gasteiger charge is -2.33. The van der Waals surface area contributed by atoms with E-state index in [-0.39, 0.29) is 0 Å². The van der Waals surface area contributed by atoms with Gasteiger partial charge in [-0.2, -0.15) is 20.1 Å². The lowest BCUT2D eigenvalue weighted by atomic mass is 10.2. The molecule has 3 aliphatic rings. The van der Waals surface area contributed by atoms with E-state index in [1.54, 1.807) is 0 Å². The van der Waals surface area contributed by atoms with Gasteiger partial charge in [0.05, 0.1) is 6.20 Å². The summed E-state index contributed by atoms with van der Waals surface area (Å²) in [5.74, 6) is 3.99. The number of aromatic nitrogens is 7. The highest BCUT2D eigenvalue weighted by atomic mass is 16.1. The SMILES string of the molecule is C#C.CC1CCCN1c1nc(Nc2cc(C3CC3)[nH]n2)nc(N2CCN(C)CC2)n1.O=CNc1cnccn1. The Morgan fingerprint density at radius 1 is 1.00 bits per heavy atom. The predicted octanol–water partition coefficient (Wildman–Crippen LogP) is 2.25. The van der Waals surface area contributed by atoms with E-state index < -0.39 is 0 Å². The van der Waals surface area contributed by atoms with Crippen LogP contribution in [0.5, 0.6) is 0 Å². The number of likely N-dealkylation sites (N-methyl/N-ethyl adjacent to an activating group) is 1. The molecule has 1 unspecified atom stereocenters. The van der Waals surface area contributed by atoms with Crippen LogP contribution in [0.25, 0.3) is 0 Å². The maximum Gasteiger partial charge on any atom is 0.235 e. The van der Waals surface area contributed by atoms with Crippen molar-refractivity contribution < 1.29 is 4.79 Å². The molecule has 5 heterocycles. The average molecular weight is 533 g/mol. The van der Waals surface area contributed by atoms with E-state index >= 15 is 0 Å². The molecule has 3 fully saturated rings. The van der Waals surface area contributed by atoms with Crippen molar-refractivity contribution in [1.82, 2.24) is 40.0 Å². The fourth-order valence-electron chi connectivity index (χ4n) is 4.47. The number of carbonyl (C=O) groups is 1. The van der Waals surface area contributed by atoms with Gasteiger partial charge in [-0.25, -0.2) is 4.98 Å². The molecular weight excluding hydrogens is 496 g/mol. The van der Waals surface area contributed by atoms with E-state index in [1.165, 1.54) is 50.0 Å². The Hall–Kier alpha value is -4.31. The van der Waals surface area contributed by atoms with Gasteiger partial charge in [-0.05, 0) is 39.7 Å². The summed E-state index contributed by atoms with van der Waals surface area (Å²) in [7, 11) is 2.16. The minimum Gasteiger partial charge on any atom is -0.338 e. The number of carbonyl (C=O) groups excluding carboxylic acids is 1. The van der Waals surface area contributed by atoms with Crippen molar-refractivity contribution in [2.75, 3.05) is 60.2 Å². The molecule has 1 amide bonds. The summed E-state index contributed by atoms with van der Waals surface area (Å²) in [6.45, 7) is 7.16. The summed E-state index contributed by atoms with van der Waals surface area (Å²) in [5, 5.41) is 13.2. The second-order valence-corrected chi connectivity index (χ2v) is 9.69. The number of piperazine rings is 1. The Morgan fingerprint density at radius 3 is 2.41 bits per heavy atom. The number of hydrogen-bond acceptors (Lipinski definition) is 11. The predicted molar refractivity (Wildman–Crippen MR) is 151 cm³/mol. The largest absolute Gasteiger partial charge is 0.338 e. The summed E-state index contributed by atoms with van der Waals surface area (Å²) >= 11 is 0. The van der Waals surface area contributed by atoms with Crippen LogP contribution in [-0.2, 0) is 4.79 Å². The van der Waals surface area contributed by atoms with E-state index in [9.17, 15) is 4.79 Å². The topological polar surface area (TPSA) is 144 Å². The molecule has 0 aromatic carbocycles. The molecule has 3 N–H and O–H groups in total. The first-order valence-corrected chi connectivity index (χ1v) is 13.2. The third kappa shape index (κ3) is 7.61. The van der Waals surface area contributed by atoms with Gasteiger partial charge < -0.3 is 25.3 Å². The Kier molecular flexibility index (Phi) is 9.58. The number of amides is 1. The molecule has 13 heteroatoms. The molecule has 0 bridgehead atoms. The van der Waals surface area contributed by atoms with E-state index in [4.69, 9.17) is 15.0 Å². The third-order valence-corrected chi connectivity index (χ3v) is 6.83. The summed E-state index contributed by atoms with van der Waals surface area (Å²) < 4.78 is 0. The molecule has 0 radical (unpaired) electrons. The zero-order valence-electron chi connectivity index (χ0n) is 22.5. The van der Waals surface area contributed by atoms with Crippen molar-refractivity contribution >= 4 is 35.9 Å². The van der Waals surface area contributed by atoms with E-state index in [0.717, 1.165) is 50.4 Å². The van der Waals surface area contributed by atoms with Crippen LogP contribution < -0.4 is 20.4 Å². The average Bonchev–Trinajstić information content (AvgIpc) is 3.56. The van der Waals surface area contributed by atoms with Crippen molar-refractivity contribution in [1.29, 1.82) is 0 Å². The Labute approximate surface area is 228 Å². The number of hydrogen-bond donors (Lipinski definition) is 3. The molecule has 1 saturated carbocycles. The smallest absolute Gasteiger partial charge is 0.235 e.